The topological polar surface area (TPSA) is 61.3 Å². The number of ether oxygens (including phenoxy) is 2. The molecule has 2 aromatic carbocycles. The zero-order chi connectivity index (χ0) is 27.4. The lowest BCUT2D eigenvalue weighted by atomic mass is 10.0. The Morgan fingerprint density at radius 3 is 2.44 bits per heavy atom. The number of Topliss-reactive ketones (excluding diaryl/α,β-unsaturated/α-hetero) is 1. The average Bonchev–Trinajstić information content (AvgIpc) is 3.37. The molecule has 0 atom stereocenters. The molecule has 5 rings (SSSR count). The van der Waals surface area contributed by atoms with E-state index < -0.39 is 5.82 Å². The lowest BCUT2D eigenvalue weighted by Crippen LogP contribution is -2.11. The van der Waals surface area contributed by atoms with Gasteiger partial charge in [-0.25, -0.2) is 8.78 Å². The summed E-state index contributed by atoms with van der Waals surface area (Å²) in [6, 6.07) is 17.8. The molecular weight excluding hydrogens is 538 g/mol. The Labute approximate surface area is 233 Å². The Balaban J connectivity index is 1.25. The first-order chi connectivity index (χ1) is 18.9. The summed E-state index contributed by atoms with van der Waals surface area (Å²) in [5.41, 5.74) is 2.86. The molecule has 5 aromatic rings. The van der Waals surface area contributed by atoms with Crippen LogP contribution in [0.15, 0.2) is 79.1 Å². The molecule has 0 spiro atoms. The fourth-order valence-corrected chi connectivity index (χ4v) is 5.40. The number of aromatic nitrogens is 2. The summed E-state index contributed by atoms with van der Waals surface area (Å²) in [6.45, 7) is 0. The van der Waals surface area contributed by atoms with Gasteiger partial charge in [-0.15, -0.1) is 11.3 Å². The molecule has 0 unspecified atom stereocenters. The van der Waals surface area contributed by atoms with Crippen LogP contribution < -0.4 is 9.47 Å². The largest absolute Gasteiger partial charge is 0.495 e. The minimum absolute atomic E-state index is 0.0714. The molecule has 0 radical (unpaired) electrons. The Morgan fingerprint density at radius 2 is 1.72 bits per heavy atom. The zero-order valence-corrected chi connectivity index (χ0v) is 22.5. The predicted molar refractivity (Wildman–Crippen MR) is 152 cm³/mol. The molecule has 0 amide bonds. The van der Waals surface area contributed by atoms with Crippen molar-refractivity contribution in [2.75, 3.05) is 7.11 Å². The molecule has 0 fully saturated rings. The maximum absolute atomic E-state index is 15.0. The molecule has 0 aliphatic rings. The highest BCUT2D eigenvalue weighted by molar-refractivity contribution is 7.80. The first-order valence-electron chi connectivity index (χ1n) is 12.0. The number of fused-ring (bicyclic) bond motifs is 1. The van der Waals surface area contributed by atoms with Crippen molar-refractivity contribution in [1.82, 2.24) is 9.97 Å². The van der Waals surface area contributed by atoms with Crippen molar-refractivity contribution in [2.45, 2.75) is 19.3 Å². The second kappa shape index (κ2) is 11.8. The monoisotopic (exact) mass is 560 g/mol. The summed E-state index contributed by atoms with van der Waals surface area (Å²) in [4.78, 5) is 22.6. The highest BCUT2D eigenvalue weighted by Gasteiger charge is 2.15. The van der Waals surface area contributed by atoms with E-state index in [-0.39, 0.29) is 36.6 Å². The van der Waals surface area contributed by atoms with E-state index >= 15 is 4.39 Å². The number of hydrogen-bond acceptors (Lipinski definition) is 7. The van der Waals surface area contributed by atoms with Gasteiger partial charge in [-0.3, -0.25) is 14.8 Å². The van der Waals surface area contributed by atoms with Crippen LogP contribution >= 0.6 is 23.6 Å². The van der Waals surface area contributed by atoms with Crippen molar-refractivity contribution in [2.24, 2.45) is 0 Å². The fraction of sp³-hybridized carbons (Fsp3) is 0.133. The van der Waals surface area contributed by atoms with Gasteiger partial charge in [0.2, 0.25) is 0 Å². The third kappa shape index (κ3) is 6.50. The van der Waals surface area contributed by atoms with Crippen LogP contribution in [0.5, 0.6) is 17.2 Å². The number of thiophene rings is 1. The fourth-order valence-electron chi connectivity index (χ4n) is 4.03. The molecule has 0 N–H and O–H groups in total. The van der Waals surface area contributed by atoms with Crippen molar-refractivity contribution >= 4 is 44.4 Å². The number of benzene rings is 2. The molecule has 3 aromatic heterocycles. The van der Waals surface area contributed by atoms with E-state index in [9.17, 15) is 9.18 Å². The van der Waals surface area contributed by atoms with Gasteiger partial charge in [0.05, 0.1) is 34.1 Å². The van der Waals surface area contributed by atoms with Gasteiger partial charge in [-0.05, 0) is 53.6 Å². The zero-order valence-electron chi connectivity index (χ0n) is 20.8. The summed E-state index contributed by atoms with van der Waals surface area (Å²) in [6.07, 6.45) is 3.80. The number of pyridine rings is 2. The predicted octanol–water partition coefficient (Wildman–Crippen LogP) is 7.55. The van der Waals surface area contributed by atoms with Crippen LogP contribution in [0.4, 0.5) is 8.78 Å². The molecule has 0 aliphatic carbocycles. The van der Waals surface area contributed by atoms with Crippen molar-refractivity contribution in [3.05, 3.63) is 102 Å². The maximum atomic E-state index is 15.0. The van der Waals surface area contributed by atoms with E-state index in [0.29, 0.717) is 21.9 Å². The molecule has 0 saturated carbocycles. The average molecular weight is 561 g/mol. The molecule has 39 heavy (non-hydrogen) atoms. The van der Waals surface area contributed by atoms with Crippen LogP contribution in [-0.4, -0.2) is 27.7 Å². The van der Waals surface area contributed by atoms with Gasteiger partial charge in [-0.2, -0.15) is 0 Å². The third-order valence-electron chi connectivity index (χ3n) is 5.93. The number of carbonyl (C=O) groups is 1. The van der Waals surface area contributed by atoms with E-state index in [1.165, 1.54) is 29.5 Å². The van der Waals surface area contributed by atoms with Crippen LogP contribution in [0.1, 0.15) is 17.5 Å². The molecule has 9 heteroatoms. The second-order valence-corrected chi connectivity index (χ2v) is 10.4. The SMILES string of the molecule is COc1ccc(-c2cc3nccc(Oc4ccc(CC(=S)CC(=O)Cc5ccc(F)cc5)cc4F)c3s2)nc1. The Hall–Kier alpha value is -4.08. The summed E-state index contributed by atoms with van der Waals surface area (Å²) in [7, 11) is 1.59. The number of methoxy groups -OCH3 is 1. The Bertz CT molecular complexity index is 1650. The maximum Gasteiger partial charge on any atom is 0.166 e. The number of carbonyl (C=O) groups excluding carboxylic acids is 1. The van der Waals surface area contributed by atoms with E-state index in [4.69, 9.17) is 21.7 Å². The van der Waals surface area contributed by atoms with Gasteiger partial charge in [0.25, 0.3) is 0 Å². The van der Waals surface area contributed by atoms with Crippen molar-refractivity contribution in [1.29, 1.82) is 0 Å². The van der Waals surface area contributed by atoms with Crippen molar-refractivity contribution < 1.29 is 23.0 Å². The van der Waals surface area contributed by atoms with Crippen molar-refractivity contribution in [3.8, 4) is 27.8 Å². The number of rotatable bonds is 10. The third-order valence-corrected chi connectivity index (χ3v) is 7.38. The smallest absolute Gasteiger partial charge is 0.166 e. The minimum Gasteiger partial charge on any atom is -0.495 e. The van der Waals surface area contributed by atoms with Gasteiger partial charge >= 0.3 is 0 Å². The molecule has 3 heterocycles. The number of hydrogen-bond donors (Lipinski definition) is 0. The highest BCUT2D eigenvalue weighted by atomic mass is 32.1. The van der Waals surface area contributed by atoms with Gasteiger partial charge in [0.1, 0.15) is 23.1 Å². The highest BCUT2D eigenvalue weighted by Crippen LogP contribution is 2.39. The lowest BCUT2D eigenvalue weighted by Gasteiger charge is -2.10. The number of ketones is 1. The molecule has 196 valence electrons. The molecule has 0 aliphatic heterocycles. The molecular formula is C30H22F2N2O3S2. The van der Waals surface area contributed by atoms with Gasteiger partial charge in [-0.1, -0.05) is 30.4 Å². The van der Waals surface area contributed by atoms with Crippen LogP contribution in [0.2, 0.25) is 0 Å². The quantitative estimate of drug-likeness (QED) is 0.164. The van der Waals surface area contributed by atoms with E-state index in [1.54, 1.807) is 49.8 Å². The Kier molecular flexibility index (Phi) is 7.99. The lowest BCUT2D eigenvalue weighted by molar-refractivity contribution is -0.117. The van der Waals surface area contributed by atoms with Gasteiger partial charge in [0.15, 0.2) is 11.6 Å². The number of thiocarbonyl (C=S) groups is 1. The standard InChI is InChI=1S/C30H22F2N2O3S2/c1-36-22-7-8-25(34-17-22)29-16-26-30(39-29)28(10-11-33-26)37-27-9-4-19(14-24(27)32)13-23(38)15-21(35)12-18-2-5-20(31)6-3-18/h2-11,14,16-17H,12-13,15H2,1H3. The van der Waals surface area contributed by atoms with Crippen LogP contribution in [0.25, 0.3) is 20.8 Å². The van der Waals surface area contributed by atoms with E-state index in [2.05, 4.69) is 9.97 Å². The van der Waals surface area contributed by atoms with E-state index in [0.717, 1.165) is 26.4 Å². The van der Waals surface area contributed by atoms with E-state index in [1.807, 2.05) is 18.2 Å². The minimum atomic E-state index is -0.536. The summed E-state index contributed by atoms with van der Waals surface area (Å²) >= 11 is 6.84. The first-order valence-corrected chi connectivity index (χ1v) is 13.2. The van der Waals surface area contributed by atoms with Crippen LogP contribution in [0.3, 0.4) is 0 Å². The van der Waals surface area contributed by atoms with Crippen LogP contribution in [0, 0.1) is 11.6 Å². The second-order valence-electron chi connectivity index (χ2n) is 8.82. The van der Waals surface area contributed by atoms with Crippen LogP contribution in [-0.2, 0) is 17.6 Å². The summed E-state index contributed by atoms with van der Waals surface area (Å²) in [5, 5.41) is 0. The summed E-state index contributed by atoms with van der Waals surface area (Å²) in [5.74, 6) is 0.259. The number of halogens is 2. The molecule has 0 bridgehead atoms. The molecule has 0 saturated heterocycles. The first kappa shape index (κ1) is 26.5. The normalized spacial score (nSPS) is 10.9. The van der Waals surface area contributed by atoms with Gasteiger partial charge < -0.3 is 9.47 Å². The Morgan fingerprint density at radius 1 is 0.923 bits per heavy atom. The summed E-state index contributed by atoms with van der Waals surface area (Å²) < 4.78 is 40.0. The van der Waals surface area contributed by atoms with Gasteiger partial charge in [0, 0.05) is 36.4 Å². The number of nitrogens with zero attached hydrogens (tertiary/aromatic N) is 2. The van der Waals surface area contributed by atoms with Crippen molar-refractivity contribution in [3.63, 3.8) is 0 Å². The molecule has 5 nitrogen and oxygen atoms in total.